The Morgan fingerprint density at radius 2 is 1.63 bits per heavy atom. The second-order valence-corrected chi connectivity index (χ2v) is 7.45. The van der Waals surface area contributed by atoms with Crippen molar-refractivity contribution in [1.82, 2.24) is 15.1 Å². The van der Waals surface area contributed by atoms with E-state index in [4.69, 9.17) is 0 Å². The van der Waals surface area contributed by atoms with Gasteiger partial charge in [-0.3, -0.25) is 9.59 Å². The maximum atomic E-state index is 13.0. The van der Waals surface area contributed by atoms with Crippen molar-refractivity contribution in [2.75, 3.05) is 39.3 Å². The van der Waals surface area contributed by atoms with Gasteiger partial charge < -0.3 is 15.1 Å². The van der Waals surface area contributed by atoms with Gasteiger partial charge in [0.15, 0.2) is 0 Å². The Morgan fingerprint density at radius 1 is 1.07 bits per heavy atom. The standard InChI is InChI=1S/C20H28FN3O2.ClH/c1-15(16-6-8-22-9-7-16)14-19(25)23-10-12-24(13-11-23)20(26)17-2-4-18(21)5-3-17;/h2-5,15-16,22H,6-14H2,1H3;1H. The van der Waals surface area contributed by atoms with Crippen LogP contribution in [0.2, 0.25) is 0 Å². The van der Waals surface area contributed by atoms with E-state index in [2.05, 4.69) is 12.2 Å². The van der Waals surface area contributed by atoms with Crippen molar-refractivity contribution in [3.8, 4) is 0 Å². The van der Waals surface area contributed by atoms with Crippen LogP contribution in [0.5, 0.6) is 0 Å². The van der Waals surface area contributed by atoms with Crippen molar-refractivity contribution < 1.29 is 14.0 Å². The smallest absolute Gasteiger partial charge is 0.253 e. The number of hydrogen-bond donors (Lipinski definition) is 1. The van der Waals surface area contributed by atoms with E-state index in [1.165, 1.54) is 24.3 Å². The molecule has 0 radical (unpaired) electrons. The molecule has 1 atom stereocenters. The van der Waals surface area contributed by atoms with E-state index in [-0.39, 0.29) is 30.0 Å². The summed E-state index contributed by atoms with van der Waals surface area (Å²) in [5.41, 5.74) is 0.491. The van der Waals surface area contributed by atoms with Crippen molar-refractivity contribution in [2.24, 2.45) is 11.8 Å². The summed E-state index contributed by atoms with van der Waals surface area (Å²) in [5, 5.41) is 3.36. The van der Waals surface area contributed by atoms with Crippen LogP contribution >= 0.6 is 12.4 Å². The first kappa shape index (κ1) is 21.6. The Bertz CT molecular complexity index is 627. The molecule has 150 valence electrons. The second kappa shape index (κ2) is 10.0. The van der Waals surface area contributed by atoms with E-state index in [9.17, 15) is 14.0 Å². The molecule has 1 unspecified atom stereocenters. The van der Waals surface area contributed by atoms with Crippen LogP contribution in [0.4, 0.5) is 4.39 Å². The van der Waals surface area contributed by atoms with Crippen LogP contribution in [-0.2, 0) is 4.79 Å². The van der Waals surface area contributed by atoms with E-state index >= 15 is 0 Å². The Balaban J connectivity index is 0.00000261. The molecule has 2 fully saturated rings. The SMILES string of the molecule is CC(CC(=O)N1CCN(C(=O)c2ccc(F)cc2)CC1)C1CCNCC1.Cl. The Labute approximate surface area is 166 Å². The van der Waals surface area contributed by atoms with Crippen LogP contribution in [0.3, 0.4) is 0 Å². The van der Waals surface area contributed by atoms with Gasteiger partial charge in [-0.2, -0.15) is 0 Å². The Hall–Kier alpha value is -1.66. The van der Waals surface area contributed by atoms with Crippen molar-refractivity contribution in [1.29, 1.82) is 0 Å². The molecule has 0 aliphatic carbocycles. The molecule has 3 rings (SSSR count). The molecule has 1 N–H and O–H groups in total. The van der Waals surface area contributed by atoms with E-state index in [0.717, 1.165) is 25.9 Å². The number of nitrogens with one attached hydrogen (secondary N) is 1. The highest BCUT2D eigenvalue weighted by Gasteiger charge is 2.28. The maximum Gasteiger partial charge on any atom is 0.253 e. The normalized spacial score (nSPS) is 19.3. The molecule has 0 bridgehead atoms. The van der Waals surface area contributed by atoms with E-state index in [1.807, 2.05) is 4.90 Å². The third kappa shape index (κ3) is 5.66. The van der Waals surface area contributed by atoms with E-state index in [1.54, 1.807) is 4.90 Å². The molecule has 27 heavy (non-hydrogen) atoms. The molecule has 2 aliphatic heterocycles. The molecule has 0 aromatic heterocycles. The molecule has 5 nitrogen and oxygen atoms in total. The van der Waals surface area contributed by atoms with Crippen LogP contribution in [0, 0.1) is 17.7 Å². The number of rotatable bonds is 4. The number of benzene rings is 1. The van der Waals surface area contributed by atoms with Crippen LogP contribution in [-0.4, -0.2) is 60.9 Å². The number of carbonyl (C=O) groups is 2. The molecule has 2 saturated heterocycles. The number of amides is 2. The van der Waals surface area contributed by atoms with Crippen molar-refractivity contribution >= 4 is 24.2 Å². The van der Waals surface area contributed by atoms with Gasteiger partial charge in [0.2, 0.25) is 5.91 Å². The van der Waals surface area contributed by atoms with Gasteiger partial charge in [0.1, 0.15) is 5.82 Å². The molecule has 2 heterocycles. The van der Waals surface area contributed by atoms with Gasteiger partial charge in [-0.15, -0.1) is 12.4 Å². The molecule has 2 aliphatic rings. The summed E-state index contributed by atoms with van der Waals surface area (Å²) < 4.78 is 13.0. The number of halogens is 2. The van der Waals surface area contributed by atoms with E-state index in [0.29, 0.717) is 50.0 Å². The average Bonchev–Trinajstić information content (AvgIpc) is 2.69. The van der Waals surface area contributed by atoms with Crippen LogP contribution in [0.25, 0.3) is 0 Å². The minimum absolute atomic E-state index is 0. The summed E-state index contributed by atoms with van der Waals surface area (Å²) >= 11 is 0. The maximum absolute atomic E-state index is 13.0. The first-order valence-corrected chi connectivity index (χ1v) is 9.58. The first-order chi connectivity index (χ1) is 12.5. The van der Waals surface area contributed by atoms with Crippen molar-refractivity contribution in [3.05, 3.63) is 35.6 Å². The summed E-state index contributed by atoms with van der Waals surface area (Å²) in [4.78, 5) is 28.7. The van der Waals surface area contributed by atoms with Crippen molar-refractivity contribution in [3.63, 3.8) is 0 Å². The van der Waals surface area contributed by atoms with Gasteiger partial charge in [0, 0.05) is 38.2 Å². The first-order valence-electron chi connectivity index (χ1n) is 9.58. The molecular formula is C20H29ClFN3O2. The van der Waals surface area contributed by atoms with Gasteiger partial charge >= 0.3 is 0 Å². The van der Waals surface area contributed by atoms with Crippen LogP contribution in [0.15, 0.2) is 24.3 Å². The zero-order valence-corrected chi connectivity index (χ0v) is 16.6. The lowest BCUT2D eigenvalue weighted by molar-refractivity contribution is -0.134. The summed E-state index contributed by atoms with van der Waals surface area (Å²) in [7, 11) is 0. The summed E-state index contributed by atoms with van der Waals surface area (Å²) in [6.45, 7) is 6.49. The lowest BCUT2D eigenvalue weighted by atomic mass is 9.84. The predicted molar refractivity (Wildman–Crippen MR) is 106 cm³/mol. The highest BCUT2D eigenvalue weighted by atomic mass is 35.5. The third-order valence-electron chi connectivity index (χ3n) is 5.70. The van der Waals surface area contributed by atoms with E-state index < -0.39 is 0 Å². The monoisotopic (exact) mass is 397 g/mol. The lowest BCUT2D eigenvalue weighted by Gasteiger charge is -2.36. The molecule has 0 spiro atoms. The Kier molecular flexibility index (Phi) is 8.05. The fraction of sp³-hybridized carbons (Fsp3) is 0.600. The zero-order chi connectivity index (χ0) is 18.5. The third-order valence-corrected chi connectivity index (χ3v) is 5.70. The predicted octanol–water partition coefficient (Wildman–Crippen LogP) is 2.56. The number of hydrogen-bond acceptors (Lipinski definition) is 3. The minimum atomic E-state index is -0.347. The largest absolute Gasteiger partial charge is 0.339 e. The van der Waals surface area contributed by atoms with Gasteiger partial charge in [-0.25, -0.2) is 4.39 Å². The van der Waals surface area contributed by atoms with Crippen molar-refractivity contribution in [2.45, 2.75) is 26.2 Å². The molecule has 0 saturated carbocycles. The number of carbonyl (C=O) groups excluding carboxylic acids is 2. The van der Waals surface area contributed by atoms with Crippen LogP contribution in [0.1, 0.15) is 36.5 Å². The average molecular weight is 398 g/mol. The fourth-order valence-corrected chi connectivity index (χ4v) is 3.92. The summed E-state index contributed by atoms with van der Waals surface area (Å²) in [6.07, 6.45) is 2.89. The summed E-state index contributed by atoms with van der Waals surface area (Å²) in [5.74, 6) is 0.787. The molecule has 2 amide bonds. The number of nitrogens with zero attached hydrogens (tertiary/aromatic N) is 2. The van der Waals surface area contributed by atoms with Gasteiger partial charge in [0.05, 0.1) is 0 Å². The topological polar surface area (TPSA) is 52.7 Å². The Morgan fingerprint density at radius 3 is 2.22 bits per heavy atom. The highest BCUT2D eigenvalue weighted by Crippen LogP contribution is 2.25. The second-order valence-electron chi connectivity index (χ2n) is 7.45. The fourth-order valence-electron chi connectivity index (χ4n) is 3.92. The summed E-state index contributed by atoms with van der Waals surface area (Å²) in [6, 6.07) is 5.62. The molecule has 1 aromatic carbocycles. The lowest BCUT2D eigenvalue weighted by Crippen LogP contribution is -2.51. The van der Waals surface area contributed by atoms with Crippen LogP contribution < -0.4 is 5.32 Å². The van der Waals surface area contributed by atoms with Gasteiger partial charge in [0.25, 0.3) is 5.91 Å². The quantitative estimate of drug-likeness (QED) is 0.849. The number of piperidine rings is 1. The minimum Gasteiger partial charge on any atom is -0.339 e. The highest BCUT2D eigenvalue weighted by molar-refractivity contribution is 5.94. The molecule has 7 heteroatoms. The molecular weight excluding hydrogens is 369 g/mol. The zero-order valence-electron chi connectivity index (χ0n) is 15.8. The van der Waals surface area contributed by atoms with Gasteiger partial charge in [-0.1, -0.05) is 6.92 Å². The number of piperazine rings is 1. The van der Waals surface area contributed by atoms with Gasteiger partial charge in [-0.05, 0) is 62.0 Å². The molecule has 1 aromatic rings.